The van der Waals surface area contributed by atoms with Gasteiger partial charge >= 0.3 is 12.1 Å². The number of ether oxygens (including phenoxy) is 1. The zero-order valence-electron chi connectivity index (χ0n) is 16.1. The average molecular weight is 469 g/mol. The first kappa shape index (κ1) is 22.9. The minimum Gasteiger partial charge on any atom is -0.466 e. The van der Waals surface area contributed by atoms with Crippen molar-refractivity contribution >= 4 is 46.1 Å². The third-order valence-corrected chi connectivity index (χ3v) is 5.53. The Balaban J connectivity index is 1.91. The number of aliphatic imine (C=N–C) groups is 1. The van der Waals surface area contributed by atoms with Gasteiger partial charge in [0.1, 0.15) is 0 Å². The van der Waals surface area contributed by atoms with Crippen molar-refractivity contribution in [3.8, 4) is 0 Å². The van der Waals surface area contributed by atoms with Crippen LogP contribution in [0.3, 0.4) is 0 Å². The molecule has 1 amide bonds. The Kier molecular flexibility index (Phi) is 7.07. The number of nitrogens with zero attached hydrogens (tertiary/aromatic N) is 2. The van der Waals surface area contributed by atoms with Crippen molar-refractivity contribution in [1.29, 1.82) is 0 Å². The fourth-order valence-electron chi connectivity index (χ4n) is 2.71. The van der Waals surface area contributed by atoms with Crippen LogP contribution in [-0.2, 0) is 26.9 Å². The van der Waals surface area contributed by atoms with E-state index in [1.165, 1.54) is 24.1 Å². The quantitative estimate of drug-likeness (QED) is 0.446. The molecule has 0 unspecified atom stereocenters. The van der Waals surface area contributed by atoms with E-state index in [0.717, 1.165) is 35.5 Å². The van der Waals surface area contributed by atoms with Crippen molar-refractivity contribution in [3.05, 3.63) is 75.7 Å². The highest BCUT2D eigenvalue weighted by atomic mass is 35.5. The molecule has 0 bridgehead atoms. The van der Waals surface area contributed by atoms with Gasteiger partial charge in [0.2, 0.25) is 0 Å². The maximum atomic E-state index is 13.0. The van der Waals surface area contributed by atoms with E-state index in [4.69, 9.17) is 11.6 Å². The molecule has 1 aliphatic rings. The lowest BCUT2D eigenvalue weighted by atomic mass is 10.1. The second-order valence-electron chi connectivity index (χ2n) is 6.41. The molecule has 0 N–H and O–H groups in total. The maximum absolute atomic E-state index is 13.0. The predicted octanol–water partition coefficient (Wildman–Crippen LogP) is 5.22. The van der Waals surface area contributed by atoms with Gasteiger partial charge in [-0.05, 0) is 54.1 Å². The summed E-state index contributed by atoms with van der Waals surface area (Å²) in [5, 5.41) is 0.750. The molecule has 3 rings (SSSR count). The third-order valence-electron chi connectivity index (χ3n) is 4.27. The molecular weight excluding hydrogens is 453 g/mol. The second kappa shape index (κ2) is 9.57. The van der Waals surface area contributed by atoms with Crippen molar-refractivity contribution in [2.45, 2.75) is 12.6 Å². The van der Waals surface area contributed by atoms with Crippen molar-refractivity contribution in [2.24, 2.45) is 4.99 Å². The molecule has 31 heavy (non-hydrogen) atoms. The molecule has 1 saturated heterocycles. The van der Waals surface area contributed by atoms with Crippen LogP contribution in [0, 0.1) is 0 Å². The second-order valence-corrected chi connectivity index (χ2v) is 7.86. The zero-order valence-corrected chi connectivity index (χ0v) is 17.7. The predicted molar refractivity (Wildman–Crippen MR) is 113 cm³/mol. The lowest BCUT2D eigenvalue weighted by Gasteiger charge is -2.16. The summed E-state index contributed by atoms with van der Waals surface area (Å²) in [7, 11) is 1.18. The van der Waals surface area contributed by atoms with Crippen LogP contribution in [0.25, 0.3) is 0 Å². The normalized spacial score (nSPS) is 16.9. The topological polar surface area (TPSA) is 59.0 Å². The van der Waals surface area contributed by atoms with Crippen LogP contribution in [0.5, 0.6) is 0 Å². The number of esters is 1. The van der Waals surface area contributed by atoms with Gasteiger partial charge in [-0.15, -0.1) is 0 Å². The van der Waals surface area contributed by atoms with Gasteiger partial charge in [0, 0.05) is 17.6 Å². The van der Waals surface area contributed by atoms with Gasteiger partial charge < -0.3 is 4.74 Å². The molecule has 1 fully saturated rings. The van der Waals surface area contributed by atoms with Gasteiger partial charge in [0.25, 0.3) is 5.91 Å². The van der Waals surface area contributed by atoms with E-state index in [1.54, 1.807) is 12.1 Å². The number of carbonyl (C=O) groups excluding carboxylic acids is 2. The summed E-state index contributed by atoms with van der Waals surface area (Å²) in [4.78, 5) is 30.0. The van der Waals surface area contributed by atoms with Crippen LogP contribution in [0.2, 0.25) is 5.02 Å². The lowest BCUT2D eigenvalue weighted by Crippen LogP contribution is -2.31. The molecule has 0 atom stereocenters. The van der Waals surface area contributed by atoms with E-state index >= 15 is 0 Å². The molecule has 2 aromatic carbocycles. The Morgan fingerprint density at radius 1 is 1.23 bits per heavy atom. The van der Waals surface area contributed by atoms with E-state index in [-0.39, 0.29) is 22.3 Å². The number of amidine groups is 1. The number of rotatable bonds is 5. The van der Waals surface area contributed by atoms with Gasteiger partial charge in [-0.1, -0.05) is 29.8 Å². The van der Waals surface area contributed by atoms with Crippen molar-refractivity contribution in [3.63, 3.8) is 0 Å². The number of thioether (sulfide) groups is 1. The number of methoxy groups -OCH3 is 1. The zero-order chi connectivity index (χ0) is 22.6. The van der Waals surface area contributed by atoms with E-state index in [0.29, 0.717) is 11.4 Å². The summed E-state index contributed by atoms with van der Waals surface area (Å²) in [5.74, 6) is -1.19. The van der Waals surface area contributed by atoms with Gasteiger partial charge in [-0.3, -0.25) is 9.69 Å². The van der Waals surface area contributed by atoms with Crippen LogP contribution in [0.1, 0.15) is 11.1 Å². The van der Waals surface area contributed by atoms with Gasteiger partial charge in [0.05, 0.1) is 23.3 Å². The van der Waals surface area contributed by atoms with Crippen LogP contribution in [0.4, 0.5) is 18.9 Å². The number of amides is 1. The standard InChI is InChI=1S/C21H16ClF3N2O3S/c1-30-18(28)12-17-19(29)27(10-9-13-5-7-15(22)8-6-13)20(31-17)26-16-4-2-3-14(11-16)21(23,24)25/h2-8,11-12H,9-10H2,1H3/b17-12+,26-20?. The minimum absolute atomic E-state index is 0.0425. The first-order chi connectivity index (χ1) is 14.7. The molecule has 0 saturated carbocycles. The maximum Gasteiger partial charge on any atom is 0.416 e. The van der Waals surface area contributed by atoms with Crippen molar-refractivity contribution in [2.75, 3.05) is 13.7 Å². The number of halogens is 4. The summed E-state index contributed by atoms with van der Waals surface area (Å²) < 4.78 is 43.6. The fourth-order valence-corrected chi connectivity index (χ4v) is 3.82. The Morgan fingerprint density at radius 2 is 1.94 bits per heavy atom. The lowest BCUT2D eigenvalue weighted by molar-refractivity contribution is -0.137. The summed E-state index contributed by atoms with van der Waals surface area (Å²) in [6, 6.07) is 11.6. The molecule has 2 aromatic rings. The molecule has 5 nitrogen and oxygen atoms in total. The number of carbonyl (C=O) groups is 2. The summed E-state index contributed by atoms with van der Waals surface area (Å²) in [5.41, 5.74) is 0.105. The fraction of sp³-hybridized carbons (Fsp3) is 0.190. The van der Waals surface area contributed by atoms with E-state index in [9.17, 15) is 22.8 Å². The van der Waals surface area contributed by atoms with Gasteiger partial charge in [-0.25, -0.2) is 9.79 Å². The highest BCUT2D eigenvalue weighted by Crippen LogP contribution is 2.35. The Bertz CT molecular complexity index is 1050. The molecule has 0 radical (unpaired) electrons. The summed E-state index contributed by atoms with van der Waals surface area (Å²) in [6.07, 6.45) is -3.02. The smallest absolute Gasteiger partial charge is 0.416 e. The highest BCUT2D eigenvalue weighted by molar-refractivity contribution is 8.18. The third kappa shape index (κ3) is 5.89. The van der Waals surface area contributed by atoms with E-state index in [2.05, 4.69) is 9.73 Å². The molecule has 1 aliphatic heterocycles. The number of alkyl halides is 3. The summed E-state index contributed by atoms with van der Waals surface area (Å²) in [6.45, 7) is 0.212. The first-order valence-corrected chi connectivity index (χ1v) is 10.2. The van der Waals surface area contributed by atoms with Gasteiger partial charge in [0.15, 0.2) is 5.17 Å². The van der Waals surface area contributed by atoms with Crippen LogP contribution in [-0.4, -0.2) is 35.6 Å². The molecule has 0 aliphatic carbocycles. The highest BCUT2D eigenvalue weighted by Gasteiger charge is 2.34. The Morgan fingerprint density at radius 3 is 2.58 bits per heavy atom. The Labute approximate surface area is 185 Å². The SMILES string of the molecule is COC(=O)/C=C1/SC(=Nc2cccc(C(F)(F)F)c2)N(CCc2ccc(Cl)cc2)C1=O. The van der Waals surface area contributed by atoms with E-state index < -0.39 is 23.6 Å². The van der Waals surface area contributed by atoms with Crippen LogP contribution in [0.15, 0.2) is 64.5 Å². The Hall–Kier alpha value is -2.78. The molecular formula is C21H16ClF3N2O3S. The number of hydrogen-bond donors (Lipinski definition) is 0. The number of benzene rings is 2. The van der Waals surface area contributed by atoms with Crippen LogP contribution >= 0.6 is 23.4 Å². The van der Waals surface area contributed by atoms with E-state index in [1.807, 2.05) is 12.1 Å². The summed E-state index contributed by atoms with van der Waals surface area (Å²) >= 11 is 6.78. The molecule has 162 valence electrons. The van der Waals surface area contributed by atoms with Crippen molar-refractivity contribution in [1.82, 2.24) is 4.90 Å². The molecule has 10 heteroatoms. The largest absolute Gasteiger partial charge is 0.466 e. The first-order valence-electron chi connectivity index (χ1n) is 8.97. The molecule has 0 aromatic heterocycles. The molecule has 1 heterocycles. The van der Waals surface area contributed by atoms with Crippen LogP contribution < -0.4 is 0 Å². The monoisotopic (exact) mass is 468 g/mol. The molecule has 0 spiro atoms. The van der Waals surface area contributed by atoms with Crippen molar-refractivity contribution < 1.29 is 27.5 Å². The average Bonchev–Trinajstić information content (AvgIpc) is 3.01. The van der Waals surface area contributed by atoms with Gasteiger partial charge in [-0.2, -0.15) is 13.2 Å². The number of hydrogen-bond acceptors (Lipinski definition) is 5. The minimum atomic E-state index is -4.51.